The fraction of sp³-hybridized carbons (Fsp3) is 0.567. The highest BCUT2D eigenvalue weighted by molar-refractivity contribution is 5.47. The van der Waals surface area contributed by atoms with E-state index >= 15 is 0 Å². The predicted octanol–water partition coefficient (Wildman–Crippen LogP) is 6.29. The third kappa shape index (κ3) is 4.49. The summed E-state index contributed by atoms with van der Waals surface area (Å²) in [6, 6.07) is 16.8. The molecular weight excluding hydrogens is 418 g/mol. The number of ether oxygens (including phenoxy) is 1. The molecule has 0 spiro atoms. The van der Waals surface area contributed by atoms with Gasteiger partial charge in [0.25, 0.3) is 0 Å². The second-order valence-corrected chi connectivity index (χ2v) is 10.6. The van der Waals surface area contributed by atoms with Crippen molar-refractivity contribution in [1.29, 1.82) is 0 Å². The summed E-state index contributed by atoms with van der Waals surface area (Å²) in [5, 5.41) is 0. The summed E-state index contributed by atoms with van der Waals surface area (Å²) in [7, 11) is 2.41. The number of hydrogen-bond acceptors (Lipinski definition) is 3. The van der Waals surface area contributed by atoms with Gasteiger partial charge in [-0.3, -0.25) is 4.90 Å². The summed E-state index contributed by atoms with van der Waals surface area (Å²) < 4.78 is 5.84. The fourth-order valence-electron chi connectivity index (χ4n) is 7.02. The van der Waals surface area contributed by atoms with Crippen LogP contribution in [0.2, 0.25) is 0 Å². The molecule has 3 aliphatic rings. The molecule has 1 unspecified atom stereocenters. The quantitative estimate of drug-likeness (QED) is 0.326. The van der Waals surface area contributed by atoms with E-state index in [1.165, 1.54) is 71.1 Å². The minimum Gasteiger partial charge on any atom is -0.494 e. The molecule has 1 aliphatic carbocycles. The molecule has 1 atom stereocenters. The maximum absolute atomic E-state index is 7.03. The minimum absolute atomic E-state index is 0.248. The van der Waals surface area contributed by atoms with Crippen molar-refractivity contribution >= 4 is 5.69 Å². The lowest BCUT2D eigenvalue weighted by Crippen LogP contribution is -2.66. The van der Waals surface area contributed by atoms with Crippen molar-refractivity contribution in [3.05, 3.63) is 71.1 Å². The molecule has 2 heterocycles. The van der Waals surface area contributed by atoms with Crippen LogP contribution >= 0.6 is 0 Å². The smallest absolute Gasteiger partial charge is 0.187 e. The van der Waals surface area contributed by atoms with Gasteiger partial charge in [-0.2, -0.15) is 0 Å². The summed E-state index contributed by atoms with van der Waals surface area (Å²) in [5.41, 5.74) is 4.17. The monoisotopic (exact) mass is 457 g/mol. The molecule has 4 nitrogen and oxygen atoms in total. The SMILES string of the molecule is [C-]#[N+]c1ccc(OCCCCCN2CC(C3(C4CCCC4)c4ccccc4CCN3C)C2)cc1. The molecule has 180 valence electrons. The lowest BCUT2D eigenvalue weighted by Gasteiger charge is -2.60. The van der Waals surface area contributed by atoms with E-state index in [0.717, 1.165) is 30.6 Å². The molecule has 1 saturated carbocycles. The largest absolute Gasteiger partial charge is 0.494 e. The molecule has 0 amide bonds. The van der Waals surface area contributed by atoms with Gasteiger partial charge in [-0.1, -0.05) is 49.2 Å². The number of likely N-dealkylation sites (N-methyl/N-ethyl adjacent to an activating group) is 1. The van der Waals surface area contributed by atoms with Crippen LogP contribution in [0.25, 0.3) is 4.85 Å². The molecule has 5 rings (SSSR count). The average Bonchev–Trinajstić information content (AvgIpc) is 3.39. The molecule has 2 aliphatic heterocycles. The number of benzene rings is 2. The Labute approximate surface area is 205 Å². The van der Waals surface area contributed by atoms with E-state index < -0.39 is 0 Å². The zero-order valence-electron chi connectivity index (χ0n) is 20.7. The van der Waals surface area contributed by atoms with Gasteiger partial charge in [-0.15, -0.1) is 0 Å². The average molecular weight is 458 g/mol. The number of hydrogen-bond donors (Lipinski definition) is 0. The highest BCUT2D eigenvalue weighted by Gasteiger charge is 2.55. The van der Waals surface area contributed by atoms with E-state index in [4.69, 9.17) is 11.3 Å². The molecule has 0 bridgehead atoms. The Hall–Kier alpha value is -2.35. The number of likely N-dealkylation sites (tertiary alicyclic amines) is 1. The Kier molecular flexibility index (Phi) is 7.23. The van der Waals surface area contributed by atoms with Gasteiger partial charge in [0.05, 0.1) is 18.7 Å². The van der Waals surface area contributed by atoms with E-state index in [1.807, 2.05) is 24.3 Å². The number of unbranched alkanes of at least 4 members (excludes halogenated alkanes) is 2. The van der Waals surface area contributed by atoms with Crippen LogP contribution in [0.15, 0.2) is 48.5 Å². The molecule has 0 radical (unpaired) electrons. The fourth-order valence-corrected chi connectivity index (χ4v) is 7.02. The second kappa shape index (κ2) is 10.5. The number of nitrogens with zero attached hydrogens (tertiary/aromatic N) is 3. The first-order valence-electron chi connectivity index (χ1n) is 13.3. The molecule has 0 aromatic heterocycles. The van der Waals surface area contributed by atoms with Crippen LogP contribution in [-0.4, -0.2) is 49.6 Å². The van der Waals surface area contributed by atoms with Crippen LogP contribution in [0.1, 0.15) is 56.1 Å². The summed E-state index contributed by atoms with van der Waals surface area (Å²) in [5.74, 6) is 2.43. The van der Waals surface area contributed by atoms with Crippen LogP contribution in [0, 0.1) is 18.4 Å². The lowest BCUT2D eigenvalue weighted by atomic mass is 9.62. The third-order valence-corrected chi connectivity index (χ3v) is 8.71. The first kappa shape index (κ1) is 23.4. The molecule has 4 heteroatoms. The van der Waals surface area contributed by atoms with Crippen LogP contribution in [0.5, 0.6) is 5.75 Å². The third-order valence-electron chi connectivity index (χ3n) is 8.71. The van der Waals surface area contributed by atoms with Crippen molar-refractivity contribution in [2.75, 3.05) is 39.8 Å². The van der Waals surface area contributed by atoms with Crippen molar-refractivity contribution < 1.29 is 4.74 Å². The van der Waals surface area contributed by atoms with Crippen molar-refractivity contribution in [2.45, 2.75) is 56.9 Å². The van der Waals surface area contributed by atoms with Gasteiger partial charge in [-0.25, -0.2) is 4.85 Å². The Morgan fingerprint density at radius 2 is 1.74 bits per heavy atom. The normalized spacial score (nSPS) is 23.9. The highest BCUT2D eigenvalue weighted by atomic mass is 16.5. The van der Waals surface area contributed by atoms with E-state index in [2.05, 4.69) is 46.0 Å². The summed E-state index contributed by atoms with van der Waals surface area (Å²) in [6.45, 7) is 12.7. The van der Waals surface area contributed by atoms with Gasteiger partial charge >= 0.3 is 0 Å². The lowest BCUT2D eigenvalue weighted by molar-refractivity contribution is -0.0819. The van der Waals surface area contributed by atoms with Crippen LogP contribution < -0.4 is 4.74 Å². The Bertz CT molecular complexity index is 985. The van der Waals surface area contributed by atoms with Crippen LogP contribution in [-0.2, 0) is 12.0 Å². The minimum atomic E-state index is 0.248. The van der Waals surface area contributed by atoms with Gasteiger partial charge in [0, 0.05) is 25.6 Å². The maximum atomic E-state index is 7.03. The summed E-state index contributed by atoms with van der Waals surface area (Å²) in [4.78, 5) is 8.88. The summed E-state index contributed by atoms with van der Waals surface area (Å²) >= 11 is 0. The van der Waals surface area contributed by atoms with Gasteiger partial charge in [0.1, 0.15) is 5.75 Å². The standard InChI is InChI=1S/C30H39N3O/c1-31-27-14-16-28(17-15-27)34-21-9-3-8-19-33-22-26(23-33)30(25-11-5-6-12-25)29-13-7-4-10-24(29)18-20-32(30)2/h4,7,10,13-17,25-26H,3,5-6,8-9,11-12,18-23H2,2H3. The van der Waals surface area contributed by atoms with E-state index in [9.17, 15) is 0 Å². The zero-order valence-corrected chi connectivity index (χ0v) is 20.7. The summed E-state index contributed by atoms with van der Waals surface area (Å²) in [6.07, 6.45) is 10.3. The van der Waals surface area contributed by atoms with Crippen LogP contribution in [0.3, 0.4) is 0 Å². The maximum Gasteiger partial charge on any atom is 0.187 e. The predicted molar refractivity (Wildman–Crippen MR) is 138 cm³/mol. The Morgan fingerprint density at radius 1 is 0.971 bits per heavy atom. The highest BCUT2D eigenvalue weighted by Crippen LogP contribution is 2.53. The van der Waals surface area contributed by atoms with Crippen molar-refractivity contribution in [3.8, 4) is 5.75 Å². The van der Waals surface area contributed by atoms with Crippen molar-refractivity contribution in [3.63, 3.8) is 0 Å². The van der Waals surface area contributed by atoms with Gasteiger partial charge in [-0.05, 0) is 81.3 Å². The van der Waals surface area contributed by atoms with E-state index in [1.54, 1.807) is 11.1 Å². The van der Waals surface area contributed by atoms with Gasteiger partial charge in [0.2, 0.25) is 0 Å². The molecule has 2 fully saturated rings. The van der Waals surface area contributed by atoms with Crippen molar-refractivity contribution in [1.82, 2.24) is 9.80 Å². The van der Waals surface area contributed by atoms with Crippen LogP contribution in [0.4, 0.5) is 5.69 Å². The number of fused-ring (bicyclic) bond motifs is 1. The Morgan fingerprint density at radius 3 is 2.50 bits per heavy atom. The van der Waals surface area contributed by atoms with Gasteiger partial charge < -0.3 is 9.64 Å². The Balaban J connectivity index is 1.12. The zero-order chi connectivity index (χ0) is 23.4. The molecule has 2 aromatic carbocycles. The van der Waals surface area contributed by atoms with Crippen molar-refractivity contribution in [2.24, 2.45) is 11.8 Å². The molecule has 2 aromatic rings. The molecular formula is C30H39N3O. The topological polar surface area (TPSA) is 20.1 Å². The number of rotatable bonds is 9. The van der Waals surface area contributed by atoms with E-state index in [-0.39, 0.29) is 5.54 Å². The van der Waals surface area contributed by atoms with Gasteiger partial charge in [0.15, 0.2) is 5.69 Å². The molecule has 1 saturated heterocycles. The molecule has 34 heavy (non-hydrogen) atoms. The molecule has 0 N–H and O–H groups in total. The first-order chi connectivity index (χ1) is 16.7. The van der Waals surface area contributed by atoms with E-state index in [0.29, 0.717) is 5.69 Å². The first-order valence-corrected chi connectivity index (χ1v) is 13.3. The second-order valence-electron chi connectivity index (χ2n) is 10.6.